The summed E-state index contributed by atoms with van der Waals surface area (Å²) in [5.41, 5.74) is 0.669. The van der Waals surface area contributed by atoms with Gasteiger partial charge in [0.1, 0.15) is 5.60 Å². The Kier molecular flexibility index (Phi) is 4.63. The summed E-state index contributed by atoms with van der Waals surface area (Å²) >= 11 is 0. The summed E-state index contributed by atoms with van der Waals surface area (Å²) in [4.78, 5) is 11.5. The normalized spacial score (nSPS) is 11.8. The zero-order valence-electron chi connectivity index (χ0n) is 12.7. The van der Waals surface area contributed by atoms with Gasteiger partial charge >= 0.3 is 6.09 Å². The lowest BCUT2D eigenvalue weighted by Gasteiger charge is -2.19. The first-order valence-corrected chi connectivity index (χ1v) is 7.07. The Morgan fingerprint density at radius 3 is 2.62 bits per heavy atom. The third-order valence-electron chi connectivity index (χ3n) is 2.88. The lowest BCUT2D eigenvalue weighted by Crippen LogP contribution is -2.32. The van der Waals surface area contributed by atoms with Crippen molar-refractivity contribution in [2.75, 3.05) is 6.54 Å². The maximum Gasteiger partial charge on any atom is 0.407 e. The quantitative estimate of drug-likeness (QED) is 0.908. The van der Waals surface area contributed by atoms with Crippen LogP contribution < -0.4 is 5.32 Å². The second-order valence-electron chi connectivity index (χ2n) is 5.85. The highest BCUT2D eigenvalue weighted by Crippen LogP contribution is 2.19. The molecule has 0 saturated heterocycles. The first-order chi connectivity index (χ1) is 9.96. The summed E-state index contributed by atoms with van der Waals surface area (Å²) in [6.07, 6.45) is 3.54. The van der Waals surface area contributed by atoms with Gasteiger partial charge in [-0.15, -0.1) is 0 Å². The molecule has 21 heavy (non-hydrogen) atoms. The van der Waals surface area contributed by atoms with E-state index in [9.17, 15) is 4.79 Å². The third kappa shape index (κ3) is 4.63. The average Bonchev–Trinajstić information content (AvgIpc) is 2.42. The topological polar surface area (TPSA) is 38.3 Å². The molecule has 0 heterocycles. The zero-order valence-corrected chi connectivity index (χ0v) is 12.7. The molecule has 1 N–H and O–H groups in total. The van der Waals surface area contributed by atoms with E-state index in [0.29, 0.717) is 6.54 Å². The summed E-state index contributed by atoms with van der Waals surface area (Å²) in [5, 5.41) is 5.12. The molecule has 0 aliphatic carbocycles. The van der Waals surface area contributed by atoms with Gasteiger partial charge in [-0.1, -0.05) is 54.6 Å². The standard InChI is InChI=1S/C18H21NO2/c1-18(2,3)21-17(20)19-13-7-11-15-10-6-9-14-8-4-5-12-16(14)15/h4-12H,13H2,1-3H3,(H,19,20)/b11-7+. The number of rotatable bonds is 3. The highest BCUT2D eigenvalue weighted by atomic mass is 16.6. The Morgan fingerprint density at radius 1 is 1.14 bits per heavy atom. The lowest BCUT2D eigenvalue weighted by molar-refractivity contribution is 0.0534. The molecule has 0 bridgehead atoms. The van der Waals surface area contributed by atoms with E-state index in [1.54, 1.807) is 0 Å². The Hall–Kier alpha value is -2.29. The van der Waals surface area contributed by atoms with Crippen LogP contribution in [0.25, 0.3) is 16.8 Å². The van der Waals surface area contributed by atoms with Gasteiger partial charge in [0.25, 0.3) is 0 Å². The molecule has 0 fully saturated rings. The maximum absolute atomic E-state index is 11.5. The monoisotopic (exact) mass is 283 g/mol. The fourth-order valence-corrected chi connectivity index (χ4v) is 2.04. The van der Waals surface area contributed by atoms with E-state index >= 15 is 0 Å². The minimum absolute atomic E-state index is 0.398. The number of carbonyl (C=O) groups is 1. The van der Waals surface area contributed by atoms with Crippen LogP contribution in [0.3, 0.4) is 0 Å². The van der Waals surface area contributed by atoms with Crippen molar-refractivity contribution in [3.8, 4) is 0 Å². The van der Waals surface area contributed by atoms with Gasteiger partial charge < -0.3 is 10.1 Å². The summed E-state index contributed by atoms with van der Waals surface area (Å²) in [6.45, 7) is 5.98. The molecule has 0 aromatic heterocycles. The molecule has 0 spiro atoms. The number of hydrogen-bond acceptors (Lipinski definition) is 2. The number of hydrogen-bond donors (Lipinski definition) is 1. The van der Waals surface area contributed by atoms with E-state index in [1.165, 1.54) is 10.8 Å². The van der Waals surface area contributed by atoms with Gasteiger partial charge in [0, 0.05) is 6.54 Å². The molecule has 1 amide bonds. The van der Waals surface area contributed by atoms with Crippen molar-refractivity contribution in [2.24, 2.45) is 0 Å². The van der Waals surface area contributed by atoms with Gasteiger partial charge in [0.15, 0.2) is 0 Å². The largest absolute Gasteiger partial charge is 0.444 e. The number of ether oxygens (including phenoxy) is 1. The highest BCUT2D eigenvalue weighted by molar-refractivity contribution is 5.90. The second kappa shape index (κ2) is 6.44. The first kappa shape index (κ1) is 15.1. The van der Waals surface area contributed by atoms with Crippen LogP contribution in [0, 0.1) is 0 Å². The second-order valence-corrected chi connectivity index (χ2v) is 5.85. The van der Waals surface area contributed by atoms with Gasteiger partial charge in [-0.3, -0.25) is 0 Å². The van der Waals surface area contributed by atoms with Crippen molar-refractivity contribution in [2.45, 2.75) is 26.4 Å². The number of carbonyl (C=O) groups excluding carboxylic acids is 1. The summed E-state index contributed by atoms with van der Waals surface area (Å²) in [6, 6.07) is 14.4. The summed E-state index contributed by atoms with van der Waals surface area (Å²) in [5.74, 6) is 0. The number of fused-ring (bicyclic) bond motifs is 1. The van der Waals surface area contributed by atoms with Crippen LogP contribution in [-0.2, 0) is 4.74 Å². The van der Waals surface area contributed by atoms with Crippen molar-refractivity contribution in [3.63, 3.8) is 0 Å². The van der Waals surface area contributed by atoms with E-state index in [4.69, 9.17) is 4.74 Å². The Balaban J connectivity index is 1.96. The highest BCUT2D eigenvalue weighted by Gasteiger charge is 2.14. The van der Waals surface area contributed by atoms with Crippen LogP contribution in [0.4, 0.5) is 4.79 Å². The Morgan fingerprint density at radius 2 is 1.86 bits per heavy atom. The zero-order chi connectivity index (χ0) is 15.3. The Bertz CT molecular complexity index is 648. The van der Waals surface area contributed by atoms with Crippen LogP contribution in [0.5, 0.6) is 0 Å². The van der Waals surface area contributed by atoms with Gasteiger partial charge in [-0.2, -0.15) is 0 Å². The van der Waals surface area contributed by atoms with Crippen LogP contribution in [0.2, 0.25) is 0 Å². The predicted molar refractivity (Wildman–Crippen MR) is 87.2 cm³/mol. The van der Waals surface area contributed by atoms with E-state index in [2.05, 4.69) is 29.6 Å². The first-order valence-electron chi connectivity index (χ1n) is 7.07. The Labute approximate surface area is 125 Å². The summed E-state index contributed by atoms with van der Waals surface area (Å²) < 4.78 is 5.18. The molecule has 0 unspecified atom stereocenters. The number of nitrogens with one attached hydrogen (secondary N) is 1. The maximum atomic E-state index is 11.5. The molecule has 0 radical (unpaired) electrons. The van der Waals surface area contributed by atoms with E-state index < -0.39 is 11.7 Å². The fourth-order valence-electron chi connectivity index (χ4n) is 2.04. The number of benzene rings is 2. The van der Waals surface area contributed by atoms with Crippen molar-refractivity contribution in [3.05, 3.63) is 54.1 Å². The third-order valence-corrected chi connectivity index (χ3v) is 2.88. The predicted octanol–water partition coefficient (Wildman–Crippen LogP) is 4.38. The molecule has 0 saturated carbocycles. The molecule has 0 aliphatic heterocycles. The fraction of sp³-hybridized carbons (Fsp3) is 0.278. The van der Waals surface area contributed by atoms with E-state index in [1.807, 2.05) is 51.1 Å². The molecule has 0 aliphatic rings. The minimum atomic E-state index is -0.469. The smallest absolute Gasteiger partial charge is 0.407 e. The van der Waals surface area contributed by atoms with Crippen molar-refractivity contribution >= 4 is 22.9 Å². The molecule has 2 aromatic rings. The van der Waals surface area contributed by atoms with Crippen LogP contribution in [0.15, 0.2) is 48.5 Å². The molecular formula is C18H21NO2. The van der Waals surface area contributed by atoms with E-state index in [-0.39, 0.29) is 0 Å². The molecule has 110 valence electrons. The minimum Gasteiger partial charge on any atom is -0.444 e. The molecule has 3 nitrogen and oxygen atoms in total. The van der Waals surface area contributed by atoms with Gasteiger partial charge in [0.2, 0.25) is 0 Å². The molecule has 2 rings (SSSR count). The molecular weight excluding hydrogens is 262 g/mol. The molecule has 3 heteroatoms. The van der Waals surface area contributed by atoms with Gasteiger partial charge in [0.05, 0.1) is 0 Å². The van der Waals surface area contributed by atoms with Crippen molar-refractivity contribution in [1.29, 1.82) is 0 Å². The number of alkyl carbamates (subject to hydrolysis) is 1. The average molecular weight is 283 g/mol. The lowest BCUT2D eigenvalue weighted by atomic mass is 10.0. The number of amides is 1. The summed E-state index contributed by atoms with van der Waals surface area (Å²) in [7, 11) is 0. The SMILES string of the molecule is CC(C)(C)OC(=O)NC/C=C/c1cccc2ccccc12. The van der Waals surface area contributed by atoms with E-state index in [0.717, 1.165) is 5.56 Å². The molecule has 0 atom stereocenters. The van der Waals surface area contributed by atoms with Crippen LogP contribution >= 0.6 is 0 Å². The van der Waals surface area contributed by atoms with Gasteiger partial charge in [-0.05, 0) is 37.1 Å². The van der Waals surface area contributed by atoms with Crippen LogP contribution in [0.1, 0.15) is 26.3 Å². The van der Waals surface area contributed by atoms with Crippen LogP contribution in [-0.4, -0.2) is 18.2 Å². The molecule has 2 aromatic carbocycles. The van der Waals surface area contributed by atoms with Crippen molar-refractivity contribution in [1.82, 2.24) is 5.32 Å². The van der Waals surface area contributed by atoms with Crippen molar-refractivity contribution < 1.29 is 9.53 Å². The van der Waals surface area contributed by atoms with Gasteiger partial charge in [-0.25, -0.2) is 4.79 Å².